The van der Waals surface area contributed by atoms with Crippen molar-refractivity contribution in [3.63, 3.8) is 0 Å². The van der Waals surface area contributed by atoms with E-state index >= 15 is 0 Å². The molecule has 1 fully saturated rings. The third kappa shape index (κ3) is 4.71. The summed E-state index contributed by atoms with van der Waals surface area (Å²) in [6, 6.07) is 16.5. The molecule has 0 bridgehead atoms. The molecule has 2 aromatic rings. The highest BCUT2D eigenvalue weighted by Crippen LogP contribution is 2.25. The minimum Gasteiger partial charge on any atom is -0.350 e. The quantitative estimate of drug-likeness (QED) is 0.787. The lowest BCUT2D eigenvalue weighted by atomic mass is 10.0. The van der Waals surface area contributed by atoms with Gasteiger partial charge in [-0.2, -0.15) is 0 Å². The molecule has 1 atom stereocenters. The lowest BCUT2D eigenvalue weighted by Crippen LogP contribution is -2.40. The lowest BCUT2D eigenvalue weighted by molar-refractivity contribution is 0.0923. The third-order valence-electron chi connectivity index (χ3n) is 4.87. The molecule has 0 saturated carbocycles. The minimum atomic E-state index is -0.0263. The van der Waals surface area contributed by atoms with Crippen molar-refractivity contribution in [1.29, 1.82) is 0 Å². The molecule has 1 N–H and O–H groups in total. The molecule has 1 aliphatic rings. The maximum atomic E-state index is 12.6. The lowest BCUT2D eigenvalue weighted by Gasteiger charge is -2.35. The molecule has 1 amide bonds. The second kappa shape index (κ2) is 8.63. The highest BCUT2D eigenvalue weighted by Gasteiger charge is 2.23. The summed E-state index contributed by atoms with van der Waals surface area (Å²) in [7, 11) is 0. The van der Waals surface area contributed by atoms with Crippen LogP contribution in [0.25, 0.3) is 0 Å². The van der Waals surface area contributed by atoms with Crippen LogP contribution in [0.1, 0.15) is 46.8 Å². The first-order valence-electron chi connectivity index (χ1n) is 8.98. The summed E-state index contributed by atoms with van der Waals surface area (Å²) in [6.45, 7) is 4.94. The van der Waals surface area contributed by atoms with E-state index in [4.69, 9.17) is 0 Å². The Balaban J connectivity index is 1.74. The van der Waals surface area contributed by atoms with E-state index in [-0.39, 0.29) is 11.9 Å². The van der Waals surface area contributed by atoms with Gasteiger partial charge in [-0.05, 0) is 66.5 Å². The molecule has 0 aromatic heterocycles. The van der Waals surface area contributed by atoms with Crippen LogP contribution < -0.4 is 5.32 Å². The average Bonchev–Trinajstić information content (AvgIpc) is 2.64. The number of aryl methyl sites for hydroxylation is 1. The molecule has 3 rings (SSSR count). The minimum absolute atomic E-state index is 0.0263. The van der Waals surface area contributed by atoms with Gasteiger partial charge in [-0.25, -0.2) is 0 Å². The number of piperidine rings is 1. The monoisotopic (exact) mass is 400 g/mol. The molecule has 0 radical (unpaired) electrons. The topological polar surface area (TPSA) is 32.3 Å². The van der Waals surface area contributed by atoms with Crippen LogP contribution in [0.2, 0.25) is 0 Å². The molecular weight excluding hydrogens is 376 g/mol. The number of nitrogens with one attached hydrogen (secondary N) is 1. The smallest absolute Gasteiger partial charge is 0.252 e. The van der Waals surface area contributed by atoms with E-state index in [2.05, 4.69) is 57.3 Å². The summed E-state index contributed by atoms with van der Waals surface area (Å²) in [6.07, 6.45) is 3.78. The second-order valence-corrected chi connectivity index (χ2v) is 7.57. The third-order valence-corrected chi connectivity index (χ3v) is 5.56. The normalized spacial score (nSPS) is 16.4. The van der Waals surface area contributed by atoms with Crippen molar-refractivity contribution in [2.75, 3.05) is 19.6 Å². The van der Waals surface area contributed by atoms with Crippen molar-refractivity contribution in [1.82, 2.24) is 10.2 Å². The van der Waals surface area contributed by atoms with Crippen LogP contribution in [0.4, 0.5) is 0 Å². The molecule has 132 valence electrons. The number of hydrogen-bond donors (Lipinski definition) is 1. The first kappa shape index (κ1) is 18.2. The van der Waals surface area contributed by atoms with Gasteiger partial charge in [0.05, 0.1) is 11.6 Å². The summed E-state index contributed by atoms with van der Waals surface area (Å²) < 4.78 is 0.831. The predicted molar refractivity (Wildman–Crippen MR) is 106 cm³/mol. The van der Waals surface area contributed by atoms with Gasteiger partial charge in [0, 0.05) is 11.0 Å². The van der Waals surface area contributed by atoms with Crippen LogP contribution >= 0.6 is 15.9 Å². The molecular formula is C21H25BrN2O. The van der Waals surface area contributed by atoms with Gasteiger partial charge in [0.15, 0.2) is 0 Å². The van der Waals surface area contributed by atoms with Crippen LogP contribution in [0.3, 0.4) is 0 Å². The molecule has 25 heavy (non-hydrogen) atoms. The summed E-state index contributed by atoms with van der Waals surface area (Å²) in [5.74, 6) is -0.0263. The van der Waals surface area contributed by atoms with Gasteiger partial charge in [0.1, 0.15) is 0 Å². The Hall–Kier alpha value is -1.65. The first-order valence-corrected chi connectivity index (χ1v) is 9.78. The van der Waals surface area contributed by atoms with Crippen molar-refractivity contribution in [3.8, 4) is 0 Å². The molecule has 1 saturated heterocycles. The molecule has 0 unspecified atom stereocenters. The molecule has 0 spiro atoms. The van der Waals surface area contributed by atoms with Gasteiger partial charge >= 0.3 is 0 Å². The Kier molecular flexibility index (Phi) is 6.27. The van der Waals surface area contributed by atoms with Gasteiger partial charge in [-0.3, -0.25) is 9.69 Å². The van der Waals surface area contributed by atoms with Gasteiger partial charge in [-0.15, -0.1) is 0 Å². The molecule has 0 aliphatic carbocycles. The van der Waals surface area contributed by atoms with Gasteiger partial charge in [-0.1, -0.05) is 48.4 Å². The number of amides is 1. The van der Waals surface area contributed by atoms with E-state index < -0.39 is 0 Å². The van der Waals surface area contributed by atoms with E-state index in [9.17, 15) is 4.79 Å². The van der Waals surface area contributed by atoms with Crippen LogP contribution in [0.15, 0.2) is 53.0 Å². The van der Waals surface area contributed by atoms with E-state index in [1.165, 1.54) is 30.4 Å². The number of benzene rings is 2. The van der Waals surface area contributed by atoms with E-state index in [1.807, 2.05) is 24.3 Å². The summed E-state index contributed by atoms with van der Waals surface area (Å²) in [5, 5.41) is 3.14. The number of hydrogen-bond acceptors (Lipinski definition) is 2. The maximum Gasteiger partial charge on any atom is 0.252 e. The first-order chi connectivity index (χ1) is 12.1. The number of carbonyl (C=O) groups is 1. The Morgan fingerprint density at radius 3 is 2.44 bits per heavy atom. The van der Waals surface area contributed by atoms with Crippen LogP contribution in [-0.2, 0) is 0 Å². The van der Waals surface area contributed by atoms with Crippen LogP contribution in [0.5, 0.6) is 0 Å². The van der Waals surface area contributed by atoms with E-state index in [0.717, 1.165) is 17.6 Å². The van der Waals surface area contributed by atoms with Gasteiger partial charge in [0.25, 0.3) is 5.91 Å². The van der Waals surface area contributed by atoms with Crippen molar-refractivity contribution in [2.45, 2.75) is 32.2 Å². The standard InChI is InChI=1S/C21H25BrN2O/c1-16-9-11-17(12-10-16)20(24-13-5-2-6-14-24)15-23-21(25)18-7-3-4-8-19(18)22/h3-4,7-12,20H,2,5-6,13-15H2,1H3,(H,23,25)/t20-/m0/s1. The Bertz CT molecular complexity index is 708. The zero-order valence-electron chi connectivity index (χ0n) is 14.7. The number of likely N-dealkylation sites (tertiary alicyclic amines) is 1. The van der Waals surface area contributed by atoms with Crippen molar-refractivity contribution in [3.05, 3.63) is 69.7 Å². The average molecular weight is 401 g/mol. The number of halogens is 1. The fraction of sp³-hybridized carbons (Fsp3) is 0.381. The van der Waals surface area contributed by atoms with Crippen molar-refractivity contribution < 1.29 is 4.79 Å². The Labute approximate surface area is 158 Å². The van der Waals surface area contributed by atoms with Gasteiger partial charge in [0.2, 0.25) is 0 Å². The maximum absolute atomic E-state index is 12.6. The molecule has 2 aromatic carbocycles. The second-order valence-electron chi connectivity index (χ2n) is 6.71. The van der Waals surface area contributed by atoms with Crippen LogP contribution in [0, 0.1) is 6.92 Å². The Morgan fingerprint density at radius 1 is 1.08 bits per heavy atom. The predicted octanol–water partition coefficient (Wildman–Crippen LogP) is 4.71. The van der Waals surface area contributed by atoms with Crippen molar-refractivity contribution in [2.24, 2.45) is 0 Å². The summed E-state index contributed by atoms with van der Waals surface area (Å²) >= 11 is 3.46. The summed E-state index contributed by atoms with van der Waals surface area (Å²) in [5.41, 5.74) is 3.22. The Morgan fingerprint density at radius 2 is 1.76 bits per heavy atom. The molecule has 4 heteroatoms. The highest BCUT2D eigenvalue weighted by molar-refractivity contribution is 9.10. The van der Waals surface area contributed by atoms with E-state index in [1.54, 1.807) is 0 Å². The molecule has 1 aliphatic heterocycles. The van der Waals surface area contributed by atoms with Gasteiger partial charge < -0.3 is 5.32 Å². The fourth-order valence-electron chi connectivity index (χ4n) is 3.41. The SMILES string of the molecule is Cc1ccc([C@H](CNC(=O)c2ccccc2Br)N2CCCCC2)cc1. The highest BCUT2D eigenvalue weighted by atomic mass is 79.9. The van der Waals surface area contributed by atoms with Crippen molar-refractivity contribution >= 4 is 21.8 Å². The molecule has 1 heterocycles. The molecule has 3 nitrogen and oxygen atoms in total. The number of nitrogens with zero attached hydrogens (tertiary/aromatic N) is 1. The largest absolute Gasteiger partial charge is 0.350 e. The number of rotatable bonds is 5. The zero-order chi connectivity index (χ0) is 17.6. The zero-order valence-corrected chi connectivity index (χ0v) is 16.3. The number of carbonyl (C=O) groups excluding carboxylic acids is 1. The van der Waals surface area contributed by atoms with Crippen LogP contribution in [-0.4, -0.2) is 30.4 Å². The van der Waals surface area contributed by atoms with E-state index in [0.29, 0.717) is 12.1 Å². The summed E-state index contributed by atoms with van der Waals surface area (Å²) in [4.78, 5) is 15.1. The fourth-order valence-corrected chi connectivity index (χ4v) is 3.87.